The smallest absolute Gasteiger partial charge is 0.185 e. The SMILES string of the molecule is CCNC(C)C(C)=Cc1cnc(N(CC)CC)s1. The Labute approximate surface area is 115 Å². The van der Waals surface area contributed by atoms with Gasteiger partial charge in [-0.15, -0.1) is 0 Å². The van der Waals surface area contributed by atoms with E-state index >= 15 is 0 Å². The molecule has 1 N–H and O–H groups in total. The second kappa shape index (κ2) is 7.54. The van der Waals surface area contributed by atoms with Crippen LogP contribution >= 0.6 is 11.3 Å². The minimum absolute atomic E-state index is 0.425. The maximum absolute atomic E-state index is 4.50. The molecule has 0 amide bonds. The highest BCUT2D eigenvalue weighted by Gasteiger charge is 2.08. The third-order valence-electron chi connectivity index (χ3n) is 3.11. The van der Waals surface area contributed by atoms with E-state index in [2.05, 4.69) is 55.9 Å². The lowest BCUT2D eigenvalue weighted by molar-refractivity contribution is 0.636. The average molecular weight is 267 g/mol. The second-order valence-corrected chi connectivity index (χ2v) is 5.43. The van der Waals surface area contributed by atoms with Gasteiger partial charge in [0, 0.05) is 30.2 Å². The fourth-order valence-corrected chi connectivity index (χ4v) is 2.85. The molecule has 4 heteroatoms. The average Bonchev–Trinajstić information content (AvgIpc) is 2.79. The highest BCUT2D eigenvalue weighted by atomic mass is 32.1. The lowest BCUT2D eigenvalue weighted by Gasteiger charge is -2.16. The van der Waals surface area contributed by atoms with Crippen LogP contribution in [0.3, 0.4) is 0 Å². The monoisotopic (exact) mass is 267 g/mol. The van der Waals surface area contributed by atoms with Gasteiger partial charge in [0.25, 0.3) is 0 Å². The number of anilines is 1. The standard InChI is InChI=1S/C14H25N3S/c1-6-15-12(5)11(4)9-13-10-16-14(18-13)17(7-2)8-3/h9-10,12,15H,6-8H2,1-5H3. The maximum Gasteiger partial charge on any atom is 0.185 e. The number of aromatic nitrogens is 1. The quantitative estimate of drug-likeness (QED) is 0.821. The first-order valence-electron chi connectivity index (χ1n) is 6.74. The zero-order valence-electron chi connectivity index (χ0n) is 12.2. The van der Waals surface area contributed by atoms with Crippen LogP contribution < -0.4 is 10.2 Å². The van der Waals surface area contributed by atoms with Gasteiger partial charge in [0.1, 0.15) is 0 Å². The van der Waals surface area contributed by atoms with Crippen LogP contribution in [0, 0.1) is 0 Å². The van der Waals surface area contributed by atoms with E-state index in [9.17, 15) is 0 Å². The Hall–Kier alpha value is -0.870. The molecule has 0 aliphatic carbocycles. The van der Waals surface area contributed by atoms with E-state index in [0.717, 1.165) is 24.8 Å². The summed E-state index contributed by atoms with van der Waals surface area (Å²) in [5, 5.41) is 4.54. The molecule has 0 radical (unpaired) electrons. The van der Waals surface area contributed by atoms with E-state index in [4.69, 9.17) is 0 Å². The van der Waals surface area contributed by atoms with Crippen molar-refractivity contribution in [2.75, 3.05) is 24.5 Å². The van der Waals surface area contributed by atoms with Crippen LogP contribution in [-0.2, 0) is 0 Å². The van der Waals surface area contributed by atoms with Crippen molar-refractivity contribution in [3.63, 3.8) is 0 Å². The van der Waals surface area contributed by atoms with Crippen LogP contribution in [0.25, 0.3) is 6.08 Å². The molecule has 0 bridgehead atoms. The predicted molar refractivity (Wildman–Crippen MR) is 82.5 cm³/mol. The zero-order chi connectivity index (χ0) is 13.5. The topological polar surface area (TPSA) is 28.2 Å². The van der Waals surface area contributed by atoms with Crippen molar-refractivity contribution < 1.29 is 0 Å². The van der Waals surface area contributed by atoms with Crippen molar-refractivity contribution in [2.45, 2.75) is 40.7 Å². The van der Waals surface area contributed by atoms with Crippen LogP contribution in [-0.4, -0.2) is 30.7 Å². The van der Waals surface area contributed by atoms with Crippen LogP contribution in [0.5, 0.6) is 0 Å². The predicted octanol–water partition coefficient (Wildman–Crippen LogP) is 3.39. The molecule has 0 spiro atoms. The van der Waals surface area contributed by atoms with Gasteiger partial charge in [-0.25, -0.2) is 4.98 Å². The molecule has 1 atom stereocenters. The Morgan fingerprint density at radius 1 is 1.44 bits per heavy atom. The number of hydrogen-bond acceptors (Lipinski definition) is 4. The lowest BCUT2D eigenvalue weighted by atomic mass is 10.1. The van der Waals surface area contributed by atoms with E-state index in [1.165, 1.54) is 10.5 Å². The van der Waals surface area contributed by atoms with Crippen molar-refractivity contribution in [1.82, 2.24) is 10.3 Å². The van der Waals surface area contributed by atoms with Crippen LogP contribution in [0.1, 0.15) is 39.5 Å². The van der Waals surface area contributed by atoms with Gasteiger partial charge in [-0.05, 0) is 40.3 Å². The molecule has 18 heavy (non-hydrogen) atoms. The number of likely N-dealkylation sites (N-methyl/N-ethyl adjacent to an activating group) is 1. The van der Waals surface area contributed by atoms with Crippen LogP contribution in [0.15, 0.2) is 11.8 Å². The molecule has 1 aromatic heterocycles. The molecule has 102 valence electrons. The summed E-state index contributed by atoms with van der Waals surface area (Å²) in [6, 6.07) is 0.425. The molecular formula is C14H25N3S. The lowest BCUT2D eigenvalue weighted by Crippen LogP contribution is -2.26. The summed E-state index contributed by atoms with van der Waals surface area (Å²) in [6.45, 7) is 13.9. The summed E-state index contributed by atoms with van der Waals surface area (Å²) >= 11 is 1.76. The first-order chi connectivity index (χ1) is 8.62. The molecular weight excluding hydrogens is 242 g/mol. The fraction of sp³-hybridized carbons (Fsp3) is 0.643. The Balaban J connectivity index is 2.76. The van der Waals surface area contributed by atoms with Crippen molar-refractivity contribution >= 4 is 22.5 Å². The largest absolute Gasteiger partial charge is 0.349 e. The summed E-state index contributed by atoms with van der Waals surface area (Å²) in [7, 11) is 0. The van der Waals surface area contributed by atoms with Gasteiger partial charge in [0.05, 0.1) is 0 Å². The van der Waals surface area contributed by atoms with E-state index in [1.807, 2.05) is 6.20 Å². The third kappa shape index (κ3) is 4.10. The Morgan fingerprint density at radius 3 is 2.67 bits per heavy atom. The molecule has 1 rings (SSSR count). The van der Waals surface area contributed by atoms with E-state index in [0.29, 0.717) is 6.04 Å². The van der Waals surface area contributed by atoms with Gasteiger partial charge in [-0.1, -0.05) is 23.8 Å². The first kappa shape index (κ1) is 15.2. The second-order valence-electron chi connectivity index (χ2n) is 4.39. The first-order valence-corrected chi connectivity index (χ1v) is 7.56. The normalized spacial score (nSPS) is 13.7. The summed E-state index contributed by atoms with van der Waals surface area (Å²) in [5.74, 6) is 0. The molecule has 0 saturated heterocycles. The molecule has 1 unspecified atom stereocenters. The van der Waals surface area contributed by atoms with Gasteiger partial charge >= 0.3 is 0 Å². The summed E-state index contributed by atoms with van der Waals surface area (Å²) in [4.78, 5) is 8.01. The molecule has 1 aromatic rings. The summed E-state index contributed by atoms with van der Waals surface area (Å²) in [6.07, 6.45) is 4.21. The van der Waals surface area contributed by atoms with Gasteiger partial charge in [-0.2, -0.15) is 0 Å². The molecule has 3 nitrogen and oxygen atoms in total. The Bertz CT molecular complexity index is 380. The highest BCUT2D eigenvalue weighted by Crippen LogP contribution is 2.24. The number of thiazole rings is 1. The van der Waals surface area contributed by atoms with Crippen LogP contribution in [0.4, 0.5) is 5.13 Å². The fourth-order valence-electron chi connectivity index (χ4n) is 1.80. The number of nitrogens with one attached hydrogen (secondary N) is 1. The number of hydrogen-bond donors (Lipinski definition) is 1. The van der Waals surface area contributed by atoms with E-state index in [1.54, 1.807) is 11.3 Å². The van der Waals surface area contributed by atoms with Crippen molar-refractivity contribution in [3.8, 4) is 0 Å². The summed E-state index contributed by atoms with van der Waals surface area (Å²) in [5.41, 5.74) is 1.35. The highest BCUT2D eigenvalue weighted by molar-refractivity contribution is 7.16. The minimum atomic E-state index is 0.425. The molecule has 0 aliphatic heterocycles. The van der Waals surface area contributed by atoms with Gasteiger partial charge in [0.15, 0.2) is 5.13 Å². The molecule has 1 heterocycles. The minimum Gasteiger partial charge on any atom is -0.349 e. The van der Waals surface area contributed by atoms with E-state index < -0.39 is 0 Å². The van der Waals surface area contributed by atoms with E-state index in [-0.39, 0.29) is 0 Å². The zero-order valence-corrected chi connectivity index (χ0v) is 13.0. The van der Waals surface area contributed by atoms with Gasteiger partial charge in [0.2, 0.25) is 0 Å². The molecule has 0 saturated carbocycles. The molecule has 0 aliphatic rings. The number of rotatable bonds is 7. The van der Waals surface area contributed by atoms with Gasteiger partial charge in [-0.3, -0.25) is 0 Å². The molecule has 0 aromatic carbocycles. The van der Waals surface area contributed by atoms with Gasteiger partial charge < -0.3 is 10.2 Å². The third-order valence-corrected chi connectivity index (χ3v) is 4.11. The summed E-state index contributed by atoms with van der Waals surface area (Å²) < 4.78 is 0. The van der Waals surface area contributed by atoms with Crippen molar-refractivity contribution in [3.05, 3.63) is 16.6 Å². The maximum atomic E-state index is 4.50. The molecule has 0 fully saturated rings. The van der Waals surface area contributed by atoms with Crippen molar-refractivity contribution in [1.29, 1.82) is 0 Å². The Morgan fingerprint density at radius 2 is 2.11 bits per heavy atom. The van der Waals surface area contributed by atoms with Crippen LogP contribution in [0.2, 0.25) is 0 Å². The van der Waals surface area contributed by atoms with Crippen molar-refractivity contribution in [2.24, 2.45) is 0 Å². The number of nitrogens with zero attached hydrogens (tertiary/aromatic N) is 2. The Kier molecular flexibility index (Phi) is 6.36.